The van der Waals surface area contributed by atoms with Crippen molar-refractivity contribution in [2.45, 2.75) is 0 Å². The Morgan fingerprint density at radius 3 is 1.88 bits per heavy atom. The molecule has 0 aliphatic rings. The fourth-order valence-corrected chi connectivity index (χ4v) is 5.66. The van der Waals surface area contributed by atoms with Crippen LogP contribution in [0.15, 0.2) is 157 Å². The maximum absolute atomic E-state index is 9.35. The predicted octanol–water partition coefficient (Wildman–Crippen LogP) is 11.3. The molecule has 0 unspecified atom stereocenters. The van der Waals surface area contributed by atoms with Crippen molar-refractivity contribution < 1.29 is 16.4 Å². The van der Waals surface area contributed by atoms with Gasteiger partial charge in [0.2, 0.25) is 0 Å². The van der Waals surface area contributed by atoms with Crippen molar-refractivity contribution in [2.24, 2.45) is 0 Å². The number of benzene rings is 8. The molecule has 0 radical (unpaired) electrons. The van der Waals surface area contributed by atoms with Gasteiger partial charge in [0.25, 0.3) is 0 Å². The summed E-state index contributed by atoms with van der Waals surface area (Å²) in [6, 6.07) is 20.3. The molecule has 0 heterocycles. The SMILES string of the molecule is [2H]c1cc([2H])c2c(-c3c([2H])c([2H])c([2H])c4c(-c5ccc6ccccc6c5)cccc34)c3c([2H])cc([2H])cc3c(-c3c([2H])c([2H])c([2H])c([2H])c3[2H])c2c1. The van der Waals surface area contributed by atoms with E-state index in [9.17, 15) is 4.11 Å². The van der Waals surface area contributed by atoms with E-state index in [-0.39, 0.29) is 86.1 Å². The molecule has 0 heteroatoms. The molecule has 0 aliphatic heterocycles. The zero-order valence-electron chi connectivity index (χ0n) is 33.1. The summed E-state index contributed by atoms with van der Waals surface area (Å²) in [5, 5.41) is 3.39. The van der Waals surface area contributed by atoms with E-state index in [4.69, 9.17) is 12.3 Å². The molecule has 0 aromatic heterocycles. The van der Waals surface area contributed by atoms with Crippen LogP contribution in [-0.4, -0.2) is 0 Å². The highest BCUT2D eigenvalue weighted by Crippen LogP contribution is 2.46. The first-order chi connectivity index (χ1) is 24.8. The van der Waals surface area contributed by atoms with Gasteiger partial charge in [-0.1, -0.05) is 151 Å². The highest BCUT2D eigenvalue weighted by atomic mass is 14.2. The van der Waals surface area contributed by atoms with E-state index in [1.165, 1.54) is 24.3 Å². The van der Waals surface area contributed by atoms with Crippen molar-refractivity contribution in [2.75, 3.05) is 0 Å². The Labute approximate surface area is 250 Å². The van der Waals surface area contributed by atoms with Crippen LogP contribution in [0.2, 0.25) is 0 Å². The highest BCUT2D eigenvalue weighted by molar-refractivity contribution is 6.24. The number of hydrogen-bond donors (Lipinski definition) is 0. The third-order valence-electron chi connectivity index (χ3n) is 7.40. The topological polar surface area (TPSA) is 0 Å². The molecule has 0 atom stereocenters. The van der Waals surface area contributed by atoms with Crippen molar-refractivity contribution in [3.05, 3.63) is 157 Å². The standard InChI is InChI=1S/C40H26/c1-2-13-28(14-3-1)39-35-16-6-8-18-37(35)40(38-19-9-7-17-36(38)39)34-23-11-21-32-31(20-10-22-33(32)34)30-25-24-27-12-4-5-15-29(27)26-30/h1-26H/i1D,2D,3D,6D,7D,11D,13D,14D,18D,19D,21D,23D. The Hall–Kier alpha value is -5.20. The number of rotatable bonds is 3. The molecule has 0 saturated heterocycles. The zero-order valence-corrected chi connectivity index (χ0v) is 21.1. The number of hydrogen-bond acceptors (Lipinski definition) is 0. The first-order valence-electron chi connectivity index (χ1n) is 18.9. The minimum atomic E-state index is -0.598. The summed E-state index contributed by atoms with van der Waals surface area (Å²) in [7, 11) is 0. The molecular weight excluding hydrogens is 480 g/mol. The third-order valence-corrected chi connectivity index (χ3v) is 7.40. The molecular formula is C40H26. The lowest BCUT2D eigenvalue weighted by Crippen LogP contribution is -1.92. The second-order valence-electron chi connectivity index (χ2n) is 9.57. The minimum absolute atomic E-state index is 0.0619. The van der Waals surface area contributed by atoms with Gasteiger partial charge >= 0.3 is 0 Å². The van der Waals surface area contributed by atoms with E-state index in [0.29, 0.717) is 16.3 Å². The molecule has 186 valence electrons. The van der Waals surface area contributed by atoms with Gasteiger partial charge in [0.05, 0.1) is 16.4 Å². The Morgan fingerprint density at radius 1 is 0.350 bits per heavy atom. The van der Waals surface area contributed by atoms with E-state index in [2.05, 4.69) is 0 Å². The van der Waals surface area contributed by atoms with Crippen molar-refractivity contribution >= 4 is 43.1 Å². The molecule has 8 aromatic rings. The summed E-state index contributed by atoms with van der Waals surface area (Å²) >= 11 is 0. The van der Waals surface area contributed by atoms with Crippen LogP contribution in [0.1, 0.15) is 16.4 Å². The molecule has 0 saturated carbocycles. The molecule has 8 rings (SSSR count). The number of fused-ring (bicyclic) bond motifs is 4. The van der Waals surface area contributed by atoms with Gasteiger partial charge in [0.15, 0.2) is 0 Å². The van der Waals surface area contributed by atoms with Crippen LogP contribution in [0.4, 0.5) is 0 Å². The van der Waals surface area contributed by atoms with Gasteiger partial charge < -0.3 is 0 Å². The van der Waals surface area contributed by atoms with Crippen LogP contribution < -0.4 is 0 Å². The largest absolute Gasteiger partial charge is 0.0629 e. The summed E-state index contributed by atoms with van der Waals surface area (Å²) in [5.41, 5.74) is 1.64. The second kappa shape index (κ2) is 9.22. The quantitative estimate of drug-likeness (QED) is 0.204. The van der Waals surface area contributed by atoms with Crippen LogP contribution in [0.5, 0.6) is 0 Å². The second-order valence-corrected chi connectivity index (χ2v) is 9.57. The fraction of sp³-hybridized carbons (Fsp3) is 0. The summed E-state index contributed by atoms with van der Waals surface area (Å²) in [5.74, 6) is 0. The van der Waals surface area contributed by atoms with Crippen LogP contribution in [-0.2, 0) is 0 Å². The fourth-order valence-electron chi connectivity index (χ4n) is 5.66. The third kappa shape index (κ3) is 3.54. The smallest absolute Gasteiger partial charge is 0.0622 e. The maximum atomic E-state index is 9.35. The average Bonchev–Trinajstić information content (AvgIpc) is 3.12. The van der Waals surface area contributed by atoms with Crippen LogP contribution in [0.3, 0.4) is 0 Å². The van der Waals surface area contributed by atoms with Crippen molar-refractivity contribution in [1.29, 1.82) is 0 Å². The normalized spacial score (nSPS) is 15.7. The van der Waals surface area contributed by atoms with Crippen molar-refractivity contribution in [3.8, 4) is 33.4 Å². The van der Waals surface area contributed by atoms with Gasteiger partial charge in [-0.2, -0.15) is 0 Å². The first kappa shape index (κ1) is 13.7. The molecule has 0 spiro atoms. The average molecular weight is 519 g/mol. The molecule has 8 aromatic carbocycles. The summed E-state index contributed by atoms with van der Waals surface area (Å²) in [6.07, 6.45) is 0. The van der Waals surface area contributed by atoms with E-state index in [0.717, 1.165) is 16.3 Å². The van der Waals surface area contributed by atoms with E-state index in [1.807, 2.05) is 48.5 Å². The molecule has 0 bridgehead atoms. The highest BCUT2D eigenvalue weighted by Gasteiger charge is 2.18. The Balaban J connectivity index is 1.61. The van der Waals surface area contributed by atoms with E-state index in [1.54, 1.807) is 12.1 Å². The molecule has 0 nitrogen and oxygen atoms in total. The molecule has 0 N–H and O–H groups in total. The lowest BCUT2D eigenvalue weighted by molar-refractivity contribution is 1.65. The summed E-state index contributed by atoms with van der Waals surface area (Å²) in [6.45, 7) is 0. The van der Waals surface area contributed by atoms with Gasteiger partial charge in [-0.25, -0.2) is 0 Å². The van der Waals surface area contributed by atoms with Crippen LogP contribution >= 0.6 is 0 Å². The minimum Gasteiger partial charge on any atom is -0.0622 e. The molecule has 0 fully saturated rings. The van der Waals surface area contributed by atoms with Gasteiger partial charge in [-0.05, 0) is 82.5 Å². The lowest BCUT2D eigenvalue weighted by Gasteiger charge is -2.19. The Morgan fingerprint density at radius 2 is 1.10 bits per heavy atom. The van der Waals surface area contributed by atoms with E-state index < -0.39 is 30.2 Å². The van der Waals surface area contributed by atoms with Crippen molar-refractivity contribution in [1.82, 2.24) is 0 Å². The first-order valence-corrected chi connectivity index (χ1v) is 12.9. The Bertz CT molecular complexity index is 2780. The lowest BCUT2D eigenvalue weighted by atomic mass is 9.84. The van der Waals surface area contributed by atoms with Gasteiger partial charge in [0.1, 0.15) is 0 Å². The van der Waals surface area contributed by atoms with Crippen LogP contribution in [0, 0.1) is 0 Å². The summed E-state index contributed by atoms with van der Waals surface area (Å²) < 4.78 is 106. The van der Waals surface area contributed by atoms with Crippen molar-refractivity contribution in [3.63, 3.8) is 0 Å². The maximum Gasteiger partial charge on any atom is 0.0629 e. The molecule has 40 heavy (non-hydrogen) atoms. The monoisotopic (exact) mass is 518 g/mol. The van der Waals surface area contributed by atoms with Crippen LogP contribution in [0.25, 0.3) is 76.5 Å². The zero-order chi connectivity index (χ0) is 36.9. The Kier molecular flexibility index (Phi) is 3.17. The molecule has 0 amide bonds. The predicted molar refractivity (Wildman–Crippen MR) is 173 cm³/mol. The summed E-state index contributed by atoms with van der Waals surface area (Å²) in [4.78, 5) is 0. The van der Waals surface area contributed by atoms with Gasteiger partial charge in [-0.15, -0.1) is 0 Å². The van der Waals surface area contributed by atoms with E-state index >= 15 is 0 Å². The van der Waals surface area contributed by atoms with Gasteiger partial charge in [0, 0.05) is 0 Å². The van der Waals surface area contributed by atoms with Gasteiger partial charge in [-0.3, -0.25) is 0 Å². The molecule has 0 aliphatic carbocycles.